The molecule has 0 spiro atoms. The van der Waals surface area contributed by atoms with Crippen LogP contribution in [0.3, 0.4) is 0 Å². The van der Waals surface area contributed by atoms with Crippen molar-refractivity contribution in [2.24, 2.45) is 11.0 Å². The first-order valence-electron chi connectivity index (χ1n) is 4.03. The van der Waals surface area contributed by atoms with Crippen LogP contribution >= 0.6 is 0 Å². The molecule has 0 bridgehead atoms. The van der Waals surface area contributed by atoms with E-state index < -0.39 is 0 Å². The Morgan fingerprint density at radius 2 is 2.17 bits per heavy atom. The van der Waals surface area contributed by atoms with Gasteiger partial charge in [0.2, 0.25) is 0 Å². The van der Waals surface area contributed by atoms with Gasteiger partial charge in [0.05, 0.1) is 5.29 Å². The lowest BCUT2D eigenvalue weighted by Crippen LogP contribution is -2.38. The lowest BCUT2D eigenvalue weighted by atomic mass is 10.4. The van der Waals surface area contributed by atoms with Crippen LogP contribution < -0.4 is 5.73 Å². The summed E-state index contributed by atoms with van der Waals surface area (Å²) in [6, 6.07) is 0. The highest BCUT2D eigenvalue weighted by Crippen LogP contribution is 1.97. The van der Waals surface area contributed by atoms with Gasteiger partial charge in [0.1, 0.15) is 0 Å². The molecule has 0 aliphatic carbocycles. The van der Waals surface area contributed by atoms with Crippen molar-refractivity contribution in [2.75, 3.05) is 19.6 Å². The maximum absolute atomic E-state index is 9.94. The van der Waals surface area contributed by atoms with Crippen LogP contribution in [-0.2, 0) is 0 Å². The second-order valence-electron chi connectivity index (χ2n) is 2.45. The molecule has 0 saturated carbocycles. The molecule has 0 rings (SSSR count). The van der Waals surface area contributed by atoms with Gasteiger partial charge < -0.3 is 5.73 Å². The first-order chi connectivity index (χ1) is 5.76. The molecule has 0 heterocycles. The highest BCUT2D eigenvalue weighted by Gasteiger charge is 2.09. The van der Waals surface area contributed by atoms with Crippen molar-refractivity contribution in [1.29, 1.82) is 0 Å². The molecule has 0 aliphatic heterocycles. The van der Waals surface area contributed by atoms with E-state index in [1.165, 1.54) is 5.01 Å². The van der Waals surface area contributed by atoms with E-state index in [9.17, 15) is 4.91 Å². The van der Waals surface area contributed by atoms with Crippen molar-refractivity contribution >= 4 is 0 Å². The topological polar surface area (TPSA) is 82.2 Å². The Hall–Kier alpha value is -0.720. The Morgan fingerprint density at radius 1 is 1.50 bits per heavy atom. The number of hydrazine groups is 1. The third kappa shape index (κ3) is 4.22. The third-order valence-electron chi connectivity index (χ3n) is 1.43. The quantitative estimate of drug-likeness (QED) is 0.431. The minimum Gasteiger partial charge on any atom is -0.330 e. The van der Waals surface area contributed by atoms with Crippen molar-refractivity contribution < 1.29 is 5.21 Å². The van der Waals surface area contributed by atoms with Crippen LogP contribution in [0.2, 0.25) is 0 Å². The van der Waals surface area contributed by atoms with Gasteiger partial charge in [-0.1, -0.05) is 12.2 Å². The molecule has 72 valence electrons. The van der Waals surface area contributed by atoms with E-state index in [-0.39, 0.29) is 0 Å². The number of nitrogens with zero attached hydrogens (tertiary/aromatic N) is 3. The first-order valence-corrected chi connectivity index (χ1v) is 4.03. The van der Waals surface area contributed by atoms with Gasteiger partial charge in [-0.15, -0.1) is 4.91 Å². The number of rotatable bonds is 7. The zero-order chi connectivity index (χ0) is 9.40. The van der Waals surface area contributed by atoms with Crippen LogP contribution in [0.15, 0.2) is 5.29 Å². The van der Waals surface area contributed by atoms with Gasteiger partial charge >= 0.3 is 0 Å². The lowest BCUT2D eigenvalue weighted by molar-refractivity contribution is -0.248. The zero-order valence-corrected chi connectivity index (χ0v) is 7.31. The van der Waals surface area contributed by atoms with Crippen LogP contribution in [0.25, 0.3) is 0 Å². The summed E-state index contributed by atoms with van der Waals surface area (Å²) in [5.74, 6) is 0. The van der Waals surface area contributed by atoms with Gasteiger partial charge in [-0.3, -0.25) is 5.21 Å². The normalized spacial score (nSPS) is 10.3. The Kier molecular flexibility index (Phi) is 6.54. The second kappa shape index (κ2) is 6.96. The van der Waals surface area contributed by atoms with E-state index in [1.54, 1.807) is 0 Å². The molecule has 0 saturated heterocycles. The minimum atomic E-state index is 0.332. The standard InChI is InChI=1S/C6H16N4O2/c1-2-5-9(6-3-4-7)10(12)8-11/h12H,2-7H2,1H3. The first kappa shape index (κ1) is 11.3. The van der Waals surface area contributed by atoms with Gasteiger partial charge in [-0.25, -0.2) is 0 Å². The third-order valence-corrected chi connectivity index (χ3v) is 1.43. The Labute approximate surface area is 71.8 Å². The summed E-state index contributed by atoms with van der Waals surface area (Å²) < 4.78 is 0. The molecule has 0 aromatic rings. The van der Waals surface area contributed by atoms with Crippen LogP contribution in [-0.4, -0.2) is 35.1 Å². The number of hydrogen-bond acceptors (Lipinski definition) is 5. The fraction of sp³-hybridized carbons (Fsp3) is 1.00. The van der Waals surface area contributed by atoms with Gasteiger partial charge in [-0.2, -0.15) is 5.01 Å². The SMILES string of the molecule is CCCN(CCCN)N(O)N=O. The molecular weight excluding hydrogens is 160 g/mol. The number of nitroso groups, excluding NO2 is 1. The molecule has 3 N–H and O–H groups in total. The molecule has 0 amide bonds. The summed E-state index contributed by atoms with van der Waals surface area (Å²) in [6.45, 7) is 3.63. The van der Waals surface area contributed by atoms with Crippen LogP contribution in [0, 0.1) is 4.91 Å². The average molecular weight is 176 g/mol. The van der Waals surface area contributed by atoms with E-state index in [4.69, 9.17) is 10.9 Å². The molecular formula is C6H16N4O2. The summed E-state index contributed by atoms with van der Waals surface area (Å²) in [6.07, 6.45) is 1.57. The molecule has 0 radical (unpaired) electrons. The monoisotopic (exact) mass is 176 g/mol. The van der Waals surface area contributed by atoms with Crippen molar-refractivity contribution in [3.8, 4) is 0 Å². The van der Waals surface area contributed by atoms with Crippen LogP contribution in [0.5, 0.6) is 0 Å². The minimum absolute atomic E-state index is 0.332. The maximum atomic E-state index is 9.94. The van der Waals surface area contributed by atoms with E-state index >= 15 is 0 Å². The van der Waals surface area contributed by atoms with Crippen LogP contribution in [0.1, 0.15) is 19.8 Å². The Morgan fingerprint density at radius 3 is 2.58 bits per heavy atom. The Bertz CT molecular complexity index is 122. The molecule has 12 heavy (non-hydrogen) atoms. The summed E-state index contributed by atoms with van der Waals surface area (Å²) >= 11 is 0. The summed E-state index contributed by atoms with van der Waals surface area (Å²) in [7, 11) is 0. The predicted molar refractivity (Wildman–Crippen MR) is 45.0 cm³/mol. The molecule has 0 aromatic carbocycles. The molecule has 0 aromatic heterocycles. The van der Waals surface area contributed by atoms with Gasteiger partial charge in [0.25, 0.3) is 0 Å². The fourth-order valence-corrected chi connectivity index (χ4v) is 0.874. The largest absolute Gasteiger partial charge is 0.330 e. The molecule has 0 aliphatic rings. The highest BCUT2D eigenvalue weighted by atomic mass is 16.6. The smallest absolute Gasteiger partial charge is 0.0962 e. The van der Waals surface area contributed by atoms with Crippen molar-refractivity contribution in [3.63, 3.8) is 0 Å². The van der Waals surface area contributed by atoms with E-state index in [2.05, 4.69) is 5.29 Å². The van der Waals surface area contributed by atoms with Gasteiger partial charge in [0.15, 0.2) is 0 Å². The van der Waals surface area contributed by atoms with Gasteiger partial charge in [-0.05, 0) is 19.4 Å². The average Bonchev–Trinajstić information content (AvgIpc) is 2.11. The van der Waals surface area contributed by atoms with Crippen LogP contribution in [0.4, 0.5) is 0 Å². The van der Waals surface area contributed by atoms with Gasteiger partial charge in [0, 0.05) is 13.1 Å². The van der Waals surface area contributed by atoms with Crippen molar-refractivity contribution in [3.05, 3.63) is 4.91 Å². The lowest BCUT2D eigenvalue weighted by Gasteiger charge is -2.23. The predicted octanol–water partition coefficient (Wildman–Crippen LogP) is 0.335. The van der Waals surface area contributed by atoms with Crippen molar-refractivity contribution in [1.82, 2.24) is 10.3 Å². The number of hydrogen-bond donors (Lipinski definition) is 2. The Balaban J connectivity index is 3.75. The number of nitrogens with two attached hydrogens (primary N) is 1. The maximum Gasteiger partial charge on any atom is 0.0962 e. The highest BCUT2D eigenvalue weighted by molar-refractivity contribution is 4.49. The summed E-state index contributed by atoms with van der Waals surface area (Å²) in [4.78, 5) is 9.94. The molecule has 0 unspecified atom stereocenters. The van der Waals surface area contributed by atoms with E-state index in [0.717, 1.165) is 12.8 Å². The fourth-order valence-electron chi connectivity index (χ4n) is 0.874. The summed E-state index contributed by atoms with van der Waals surface area (Å²) in [5.41, 5.74) is 5.28. The molecule has 0 fully saturated rings. The zero-order valence-electron chi connectivity index (χ0n) is 7.31. The summed E-state index contributed by atoms with van der Waals surface area (Å²) in [5, 5.41) is 13.1. The van der Waals surface area contributed by atoms with E-state index in [0.29, 0.717) is 24.9 Å². The van der Waals surface area contributed by atoms with Crippen molar-refractivity contribution in [2.45, 2.75) is 19.8 Å². The molecule has 6 heteroatoms. The van der Waals surface area contributed by atoms with E-state index in [1.807, 2.05) is 6.92 Å². The molecule has 0 atom stereocenters. The second-order valence-corrected chi connectivity index (χ2v) is 2.45. The molecule has 6 nitrogen and oxygen atoms in total.